The monoisotopic (exact) mass is 333 g/mol. The van der Waals surface area contributed by atoms with Gasteiger partial charge in [0.15, 0.2) is 5.78 Å². The number of amides is 1. The Morgan fingerprint density at radius 3 is 2.46 bits per heavy atom. The van der Waals surface area contributed by atoms with Crippen LogP contribution in [0.1, 0.15) is 58.3 Å². The minimum Gasteiger partial charge on any atom is -0.380 e. The molecule has 1 aromatic heterocycles. The first-order valence-corrected chi connectivity index (χ1v) is 8.80. The molecular weight excluding hydrogens is 306 g/mol. The fourth-order valence-corrected chi connectivity index (χ4v) is 3.98. The molecule has 2 saturated heterocycles. The molecule has 0 aliphatic carbocycles. The molecule has 1 aromatic rings. The number of rotatable bonds is 4. The SMILES string of the molecule is CC(=O)c1c(C)[nH]c(C(=O)NC2CCN([C@H]3CCOC3)CC2)c1C. The molecule has 2 fully saturated rings. The third kappa shape index (κ3) is 3.39. The molecule has 0 unspecified atom stereocenters. The van der Waals surface area contributed by atoms with Crippen molar-refractivity contribution in [2.75, 3.05) is 26.3 Å². The fourth-order valence-electron chi connectivity index (χ4n) is 3.98. The predicted molar refractivity (Wildman–Crippen MR) is 91.6 cm³/mol. The summed E-state index contributed by atoms with van der Waals surface area (Å²) < 4.78 is 5.46. The minimum atomic E-state index is -0.106. The molecule has 0 aromatic carbocycles. The maximum Gasteiger partial charge on any atom is 0.268 e. The number of aromatic nitrogens is 1. The number of Topliss-reactive ketones (excluding diaryl/α,β-unsaturated/α-hetero) is 1. The van der Waals surface area contributed by atoms with Crippen molar-refractivity contribution in [2.24, 2.45) is 0 Å². The second kappa shape index (κ2) is 7.07. The Hall–Kier alpha value is -1.66. The van der Waals surface area contributed by atoms with E-state index in [0.29, 0.717) is 17.3 Å². The van der Waals surface area contributed by atoms with Gasteiger partial charge in [0.05, 0.1) is 6.61 Å². The zero-order valence-electron chi connectivity index (χ0n) is 14.8. The van der Waals surface area contributed by atoms with Crippen LogP contribution in [0.3, 0.4) is 0 Å². The van der Waals surface area contributed by atoms with Crippen LogP contribution < -0.4 is 5.32 Å². The van der Waals surface area contributed by atoms with Gasteiger partial charge in [-0.1, -0.05) is 0 Å². The van der Waals surface area contributed by atoms with Crippen molar-refractivity contribution in [2.45, 2.75) is 52.1 Å². The van der Waals surface area contributed by atoms with E-state index in [2.05, 4.69) is 15.2 Å². The van der Waals surface area contributed by atoms with Crippen molar-refractivity contribution >= 4 is 11.7 Å². The van der Waals surface area contributed by atoms with E-state index in [9.17, 15) is 9.59 Å². The number of carbonyl (C=O) groups is 2. The van der Waals surface area contributed by atoms with Crippen LogP contribution in [0, 0.1) is 13.8 Å². The van der Waals surface area contributed by atoms with E-state index in [1.807, 2.05) is 13.8 Å². The topological polar surface area (TPSA) is 74.4 Å². The lowest BCUT2D eigenvalue weighted by Crippen LogP contribution is -2.48. The Morgan fingerprint density at radius 1 is 1.21 bits per heavy atom. The standard InChI is InChI=1S/C18H27N3O3/c1-11-16(13(3)22)12(2)19-17(11)18(23)20-14-4-7-21(8-5-14)15-6-9-24-10-15/h14-15,19H,4-10H2,1-3H3,(H,20,23)/t15-/m0/s1. The van der Waals surface area contributed by atoms with Gasteiger partial charge in [-0.2, -0.15) is 0 Å². The van der Waals surface area contributed by atoms with Crippen LogP contribution in [-0.4, -0.2) is 60.0 Å². The average molecular weight is 333 g/mol. The number of likely N-dealkylation sites (tertiary alicyclic amines) is 1. The van der Waals surface area contributed by atoms with Crippen LogP contribution >= 0.6 is 0 Å². The Balaban J connectivity index is 1.58. The summed E-state index contributed by atoms with van der Waals surface area (Å²) in [6.07, 6.45) is 3.03. The summed E-state index contributed by atoms with van der Waals surface area (Å²) in [5.74, 6) is -0.113. The van der Waals surface area contributed by atoms with E-state index < -0.39 is 0 Å². The first-order valence-electron chi connectivity index (χ1n) is 8.80. The van der Waals surface area contributed by atoms with Crippen LogP contribution in [0.4, 0.5) is 0 Å². The highest BCUT2D eigenvalue weighted by molar-refractivity contribution is 6.02. The minimum absolute atomic E-state index is 0.00705. The van der Waals surface area contributed by atoms with E-state index in [4.69, 9.17) is 4.74 Å². The molecule has 1 amide bonds. The highest BCUT2D eigenvalue weighted by atomic mass is 16.5. The number of carbonyl (C=O) groups excluding carboxylic acids is 2. The number of ketones is 1. The van der Waals surface area contributed by atoms with E-state index >= 15 is 0 Å². The van der Waals surface area contributed by atoms with Gasteiger partial charge >= 0.3 is 0 Å². The summed E-state index contributed by atoms with van der Waals surface area (Å²) in [7, 11) is 0. The molecular formula is C18H27N3O3. The number of ether oxygens (including phenoxy) is 1. The largest absolute Gasteiger partial charge is 0.380 e. The number of nitrogens with one attached hydrogen (secondary N) is 2. The first-order chi connectivity index (χ1) is 11.5. The summed E-state index contributed by atoms with van der Waals surface area (Å²) in [6, 6.07) is 0.743. The molecule has 24 heavy (non-hydrogen) atoms. The average Bonchev–Trinajstić information content (AvgIpc) is 3.16. The van der Waals surface area contributed by atoms with Crippen molar-refractivity contribution in [1.82, 2.24) is 15.2 Å². The van der Waals surface area contributed by atoms with Crippen molar-refractivity contribution in [1.29, 1.82) is 0 Å². The van der Waals surface area contributed by atoms with E-state index in [0.717, 1.165) is 56.8 Å². The highest BCUT2D eigenvalue weighted by Crippen LogP contribution is 2.21. The second-order valence-corrected chi connectivity index (χ2v) is 6.98. The molecule has 0 radical (unpaired) electrons. The lowest BCUT2D eigenvalue weighted by molar-refractivity contribution is 0.0870. The number of piperidine rings is 1. The smallest absolute Gasteiger partial charge is 0.268 e. The predicted octanol–water partition coefficient (Wildman–Crippen LogP) is 1.82. The molecule has 1 atom stereocenters. The molecule has 2 aliphatic rings. The number of aryl methyl sites for hydroxylation is 1. The molecule has 0 saturated carbocycles. The van der Waals surface area contributed by atoms with Crippen molar-refractivity contribution in [3.05, 3.63) is 22.5 Å². The van der Waals surface area contributed by atoms with Gasteiger partial charge in [0.25, 0.3) is 5.91 Å². The molecule has 3 heterocycles. The fraction of sp³-hybridized carbons (Fsp3) is 0.667. The van der Waals surface area contributed by atoms with Gasteiger partial charge in [0, 0.05) is 43.0 Å². The van der Waals surface area contributed by atoms with Crippen molar-refractivity contribution in [3.8, 4) is 0 Å². The van der Waals surface area contributed by atoms with Gasteiger partial charge < -0.3 is 15.0 Å². The Morgan fingerprint density at radius 2 is 1.92 bits per heavy atom. The summed E-state index contributed by atoms with van der Waals surface area (Å²) in [5, 5.41) is 3.13. The van der Waals surface area contributed by atoms with E-state index in [1.54, 1.807) is 0 Å². The Kier molecular flexibility index (Phi) is 5.06. The zero-order chi connectivity index (χ0) is 17.3. The summed E-state index contributed by atoms with van der Waals surface area (Å²) in [4.78, 5) is 29.8. The Labute approximate surface area is 142 Å². The number of hydrogen-bond acceptors (Lipinski definition) is 4. The summed E-state index contributed by atoms with van der Waals surface area (Å²) >= 11 is 0. The lowest BCUT2D eigenvalue weighted by Gasteiger charge is -2.35. The molecule has 2 N–H and O–H groups in total. The quantitative estimate of drug-likeness (QED) is 0.824. The van der Waals surface area contributed by atoms with Crippen molar-refractivity contribution in [3.63, 3.8) is 0 Å². The van der Waals surface area contributed by atoms with Crippen molar-refractivity contribution < 1.29 is 14.3 Å². The third-order valence-corrected chi connectivity index (χ3v) is 5.30. The van der Waals surface area contributed by atoms with Gasteiger partial charge in [-0.05, 0) is 45.6 Å². The van der Waals surface area contributed by atoms with E-state index in [-0.39, 0.29) is 17.7 Å². The van der Waals surface area contributed by atoms with Crippen LogP contribution in [-0.2, 0) is 4.74 Å². The first kappa shape index (κ1) is 17.2. The van der Waals surface area contributed by atoms with Gasteiger partial charge in [-0.3, -0.25) is 14.5 Å². The van der Waals surface area contributed by atoms with Crippen LogP contribution in [0.15, 0.2) is 0 Å². The Bertz CT molecular complexity index is 624. The van der Waals surface area contributed by atoms with Crippen LogP contribution in [0.25, 0.3) is 0 Å². The molecule has 0 spiro atoms. The maximum absolute atomic E-state index is 12.6. The molecule has 132 valence electrons. The van der Waals surface area contributed by atoms with Gasteiger partial charge in [0.2, 0.25) is 0 Å². The second-order valence-electron chi connectivity index (χ2n) is 6.98. The van der Waals surface area contributed by atoms with Crippen LogP contribution in [0.2, 0.25) is 0 Å². The number of H-pyrrole nitrogens is 1. The highest BCUT2D eigenvalue weighted by Gasteiger charge is 2.29. The van der Waals surface area contributed by atoms with Gasteiger partial charge in [-0.15, -0.1) is 0 Å². The molecule has 6 heteroatoms. The van der Waals surface area contributed by atoms with Crippen LogP contribution in [0.5, 0.6) is 0 Å². The molecule has 6 nitrogen and oxygen atoms in total. The normalized spacial score (nSPS) is 22.7. The number of aromatic amines is 1. The third-order valence-electron chi connectivity index (χ3n) is 5.30. The number of nitrogens with zero attached hydrogens (tertiary/aromatic N) is 1. The molecule has 3 rings (SSSR count). The lowest BCUT2D eigenvalue weighted by atomic mass is 10.0. The zero-order valence-corrected chi connectivity index (χ0v) is 14.8. The van der Waals surface area contributed by atoms with Gasteiger partial charge in [0.1, 0.15) is 5.69 Å². The van der Waals surface area contributed by atoms with E-state index in [1.165, 1.54) is 6.92 Å². The summed E-state index contributed by atoms with van der Waals surface area (Å²) in [5.41, 5.74) is 2.67. The maximum atomic E-state index is 12.6. The molecule has 0 bridgehead atoms. The van der Waals surface area contributed by atoms with Gasteiger partial charge in [-0.25, -0.2) is 0 Å². The number of hydrogen-bond donors (Lipinski definition) is 2. The summed E-state index contributed by atoms with van der Waals surface area (Å²) in [6.45, 7) is 8.91. The molecule has 2 aliphatic heterocycles.